The van der Waals surface area contributed by atoms with Gasteiger partial charge in [-0.2, -0.15) is 15.0 Å². The van der Waals surface area contributed by atoms with Crippen LogP contribution >= 0.6 is 0 Å². The van der Waals surface area contributed by atoms with Crippen LogP contribution in [0.4, 0.5) is 17.6 Å². The summed E-state index contributed by atoms with van der Waals surface area (Å²) in [6.45, 7) is 2.34. The first kappa shape index (κ1) is 20.7. The summed E-state index contributed by atoms with van der Waals surface area (Å²) in [6, 6.07) is 14.3. The highest BCUT2D eigenvalue weighted by atomic mass is 32.2. The lowest BCUT2D eigenvalue weighted by Crippen LogP contribution is -2.28. The number of aromatic nitrogens is 3. The van der Waals surface area contributed by atoms with Gasteiger partial charge in [0.1, 0.15) is 0 Å². The molecule has 0 saturated heterocycles. The molecule has 31 heavy (non-hydrogen) atoms. The van der Waals surface area contributed by atoms with Crippen LogP contribution in [0.3, 0.4) is 0 Å². The second kappa shape index (κ2) is 7.93. The molecule has 160 valence electrons. The normalized spacial score (nSPS) is 15.5. The molecule has 1 unspecified atom stereocenters. The summed E-state index contributed by atoms with van der Waals surface area (Å²) < 4.78 is 24.0. The Morgan fingerprint density at radius 2 is 1.87 bits per heavy atom. The van der Waals surface area contributed by atoms with Crippen molar-refractivity contribution < 1.29 is 13.2 Å². The molecule has 1 amide bonds. The zero-order chi connectivity index (χ0) is 22.2. The van der Waals surface area contributed by atoms with Crippen molar-refractivity contribution in [1.29, 1.82) is 0 Å². The number of sulfonamides is 1. The van der Waals surface area contributed by atoms with Crippen molar-refractivity contribution in [3.63, 3.8) is 0 Å². The molecule has 0 fully saturated rings. The van der Waals surface area contributed by atoms with E-state index in [2.05, 4.69) is 20.3 Å². The van der Waals surface area contributed by atoms with Crippen LogP contribution in [-0.4, -0.2) is 35.3 Å². The topological polar surface area (TPSA) is 157 Å². The van der Waals surface area contributed by atoms with Gasteiger partial charge in [0.25, 0.3) is 5.91 Å². The highest BCUT2D eigenvalue weighted by molar-refractivity contribution is 7.89. The quantitative estimate of drug-likeness (QED) is 0.519. The molecule has 5 N–H and O–H groups in total. The van der Waals surface area contributed by atoms with Crippen molar-refractivity contribution in [3.8, 4) is 0 Å². The fraction of sp³-hybridized carbons (Fsp3) is 0.200. The first-order chi connectivity index (χ1) is 14.7. The average Bonchev–Trinajstić information content (AvgIpc) is 3.07. The number of nitrogens with two attached hydrogens (primary N) is 2. The molecule has 1 atom stereocenters. The van der Waals surface area contributed by atoms with E-state index in [1.807, 2.05) is 37.3 Å². The number of primary sulfonamides is 1. The Morgan fingerprint density at radius 1 is 1.13 bits per heavy atom. The number of benzene rings is 2. The van der Waals surface area contributed by atoms with Gasteiger partial charge in [-0.15, -0.1) is 0 Å². The van der Waals surface area contributed by atoms with Crippen LogP contribution < -0.4 is 21.1 Å². The number of fused-ring (bicyclic) bond motifs is 1. The Morgan fingerprint density at radius 3 is 2.55 bits per heavy atom. The third-order valence-corrected chi connectivity index (χ3v) is 5.96. The lowest BCUT2D eigenvalue weighted by atomic mass is 10.1. The van der Waals surface area contributed by atoms with E-state index in [1.54, 1.807) is 17.0 Å². The van der Waals surface area contributed by atoms with E-state index in [9.17, 15) is 13.2 Å². The minimum Gasteiger partial charge on any atom is -0.363 e. The van der Waals surface area contributed by atoms with Gasteiger partial charge >= 0.3 is 0 Å². The largest absolute Gasteiger partial charge is 0.363 e. The van der Waals surface area contributed by atoms with Crippen LogP contribution in [0.1, 0.15) is 28.7 Å². The number of hydrogen-bond donors (Lipinski definition) is 3. The number of anilines is 3. The van der Waals surface area contributed by atoms with Crippen molar-refractivity contribution in [2.75, 3.05) is 10.2 Å². The van der Waals surface area contributed by atoms with Crippen LogP contribution in [0, 0.1) is 0 Å². The van der Waals surface area contributed by atoms with Gasteiger partial charge < -0.3 is 16.0 Å². The highest BCUT2D eigenvalue weighted by Gasteiger charge is 2.33. The fourth-order valence-electron chi connectivity index (χ4n) is 3.62. The molecule has 1 aliphatic heterocycles. The van der Waals surface area contributed by atoms with Crippen LogP contribution in [0.15, 0.2) is 53.4 Å². The summed E-state index contributed by atoms with van der Waals surface area (Å²) in [5.74, 6) is -0.608. The lowest BCUT2D eigenvalue weighted by molar-refractivity contribution is 0.0990. The number of rotatable bonds is 6. The van der Waals surface area contributed by atoms with Gasteiger partial charge in [0.2, 0.25) is 27.7 Å². The van der Waals surface area contributed by atoms with Crippen molar-refractivity contribution >= 4 is 33.5 Å². The smallest absolute Gasteiger partial charge is 0.286 e. The predicted octanol–water partition coefficient (Wildman–Crippen LogP) is 1.31. The van der Waals surface area contributed by atoms with Crippen LogP contribution in [0.25, 0.3) is 0 Å². The Bertz CT molecular complexity index is 1250. The Balaban J connectivity index is 1.75. The van der Waals surface area contributed by atoms with E-state index < -0.39 is 15.9 Å². The van der Waals surface area contributed by atoms with E-state index in [0.717, 1.165) is 5.56 Å². The Hall–Kier alpha value is -3.57. The number of carbonyl (C=O) groups is 1. The van der Waals surface area contributed by atoms with Gasteiger partial charge in [-0.1, -0.05) is 36.4 Å². The summed E-state index contributed by atoms with van der Waals surface area (Å²) >= 11 is 0. The first-order valence-electron chi connectivity index (χ1n) is 9.51. The van der Waals surface area contributed by atoms with Crippen molar-refractivity contribution in [1.82, 2.24) is 15.0 Å². The van der Waals surface area contributed by atoms with Crippen LogP contribution in [0.2, 0.25) is 0 Å². The van der Waals surface area contributed by atoms with Gasteiger partial charge in [-0.05, 0) is 36.6 Å². The van der Waals surface area contributed by atoms with E-state index in [-0.39, 0.29) is 28.7 Å². The third kappa shape index (κ3) is 4.18. The van der Waals surface area contributed by atoms with Crippen molar-refractivity contribution in [2.24, 2.45) is 10.9 Å². The molecule has 3 aromatic rings. The van der Waals surface area contributed by atoms with E-state index in [1.165, 1.54) is 6.07 Å². The average molecular weight is 440 g/mol. The summed E-state index contributed by atoms with van der Waals surface area (Å²) in [5, 5.41) is 8.47. The Labute approximate surface area is 179 Å². The third-order valence-electron chi connectivity index (χ3n) is 4.97. The maximum Gasteiger partial charge on any atom is 0.286 e. The van der Waals surface area contributed by atoms with Gasteiger partial charge in [0.15, 0.2) is 0 Å². The summed E-state index contributed by atoms with van der Waals surface area (Å²) in [4.78, 5) is 26.4. The number of hydrogen-bond acceptors (Lipinski definition) is 8. The molecule has 4 rings (SSSR count). The summed E-state index contributed by atoms with van der Waals surface area (Å²) in [6.07, 6.45) is 0.423. The molecule has 11 heteroatoms. The summed E-state index contributed by atoms with van der Waals surface area (Å²) in [7, 11) is -3.89. The molecular formula is C20H21N7O3S. The monoisotopic (exact) mass is 439 g/mol. The SMILES string of the molecule is CC1Cc2c(cccc2S(N)(=O)=O)N1c1nc(NCc2ccccc2)nc(C(N)=O)n1. The van der Waals surface area contributed by atoms with Crippen LogP contribution in [-0.2, 0) is 23.0 Å². The molecule has 0 bridgehead atoms. The zero-order valence-corrected chi connectivity index (χ0v) is 17.5. The van der Waals surface area contributed by atoms with Gasteiger partial charge in [0, 0.05) is 18.3 Å². The molecule has 0 spiro atoms. The predicted molar refractivity (Wildman–Crippen MR) is 115 cm³/mol. The van der Waals surface area contributed by atoms with Crippen LogP contribution in [0.5, 0.6) is 0 Å². The zero-order valence-electron chi connectivity index (χ0n) is 16.7. The molecular weight excluding hydrogens is 418 g/mol. The van der Waals surface area contributed by atoms with Crippen molar-refractivity contribution in [3.05, 3.63) is 65.5 Å². The molecule has 10 nitrogen and oxygen atoms in total. The molecule has 0 saturated carbocycles. The minimum atomic E-state index is -3.89. The first-order valence-corrected chi connectivity index (χ1v) is 11.1. The standard InChI is InChI=1S/C20H21N7O3S/c1-12-10-14-15(8-5-9-16(14)31(22,29)30)27(12)20-25-18(17(21)28)24-19(26-20)23-11-13-6-3-2-4-7-13/h2-9,12H,10-11H2,1H3,(H2,21,28)(H2,22,29,30)(H,23,24,25,26). The fourth-order valence-corrected chi connectivity index (χ4v) is 4.42. The maximum atomic E-state index is 12.0. The molecule has 2 aromatic carbocycles. The Kier molecular flexibility index (Phi) is 5.29. The van der Waals surface area contributed by atoms with E-state index in [0.29, 0.717) is 24.2 Å². The van der Waals surface area contributed by atoms with E-state index >= 15 is 0 Å². The molecule has 1 aliphatic rings. The highest BCUT2D eigenvalue weighted by Crippen LogP contribution is 2.39. The lowest BCUT2D eigenvalue weighted by Gasteiger charge is -2.23. The molecule has 0 aliphatic carbocycles. The summed E-state index contributed by atoms with van der Waals surface area (Å²) in [5.41, 5.74) is 7.62. The van der Waals surface area contributed by atoms with Crippen molar-refractivity contribution in [2.45, 2.75) is 30.8 Å². The number of carbonyl (C=O) groups excluding carboxylic acids is 1. The van der Waals surface area contributed by atoms with Gasteiger partial charge in [0.05, 0.1) is 4.90 Å². The molecule has 1 aromatic heterocycles. The maximum absolute atomic E-state index is 12.0. The molecule has 2 heterocycles. The van der Waals surface area contributed by atoms with Gasteiger partial charge in [-0.3, -0.25) is 4.79 Å². The molecule has 0 radical (unpaired) electrons. The van der Waals surface area contributed by atoms with E-state index in [4.69, 9.17) is 10.9 Å². The second-order valence-corrected chi connectivity index (χ2v) is 8.74. The minimum absolute atomic E-state index is 0.0611. The number of amides is 1. The number of primary amides is 1. The number of nitrogens with one attached hydrogen (secondary N) is 1. The number of nitrogens with zero attached hydrogens (tertiary/aromatic N) is 4. The van der Waals surface area contributed by atoms with Gasteiger partial charge in [-0.25, -0.2) is 13.6 Å². The second-order valence-electron chi connectivity index (χ2n) is 7.21.